The minimum Gasteiger partial charge on any atom is -0.489 e. The van der Waals surface area contributed by atoms with E-state index >= 15 is 0 Å². The minimum absolute atomic E-state index is 0.0786. The second kappa shape index (κ2) is 9.11. The maximum atomic E-state index is 12.8. The molecule has 1 atom stereocenters. The number of anilines is 1. The van der Waals surface area contributed by atoms with Gasteiger partial charge in [0.2, 0.25) is 12.0 Å². The van der Waals surface area contributed by atoms with E-state index in [-0.39, 0.29) is 12.5 Å². The molecule has 1 aromatic carbocycles. The Kier molecular flexibility index (Phi) is 6.53. The van der Waals surface area contributed by atoms with Crippen molar-refractivity contribution in [2.24, 2.45) is 0 Å². The number of hydrogen-bond acceptors (Lipinski definition) is 7. The summed E-state index contributed by atoms with van der Waals surface area (Å²) in [4.78, 5) is 30.4. The molecular formula is C22H27N3O6. The summed E-state index contributed by atoms with van der Waals surface area (Å²) in [7, 11) is 3.15. The molecule has 0 aliphatic carbocycles. The Morgan fingerprint density at radius 2 is 2.06 bits per heavy atom. The lowest BCUT2D eigenvalue weighted by atomic mass is 10.1. The first-order valence-corrected chi connectivity index (χ1v) is 9.81. The molecule has 2 aromatic rings. The fraction of sp³-hybridized carbons (Fsp3) is 0.409. The summed E-state index contributed by atoms with van der Waals surface area (Å²) in [6, 6.07) is 8.80. The summed E-state index contributed by atoms with van der Waals surface area (Å²) in [5.41, 5.74) is 0.934. The Balaban J connectivity index is 1.70. The van der Waals surface area contributed by atoms with E-state index in [1.807, 2.05) is 26.8 Å². The number of nitrogens with zero attached hydrogens (tertiary/aromatic N) is 2. The van der Waals surface area contributed by atoms with Gasteiger partial charge in [-0.15, -0.1) is 0 Å². The van der Waals surface area contributed by atoms with Crippen LogP contribution in [0.4, 0.5) is 10.5 Å². The van der Waals surface area contributed by atoms with Crippen molar-refractivity contribution in [1.82, 2.24) is 10.3 Å². The lowest BCUT2D eigenvalue weighted by molar-refractivity contribution is -0.127. The number of ether oxygens (including phenoxy) is 4. The van der Waals surface area contributed by atoms with Gasteiger partial charge in [-0.1, -0.05) is 0 Å². The summed E-state index contributed by atoms with van der Waals surface area (Å²) in [6.45, 7) is 5.70. The van der Waals surface area contributed by atoms with Crippen molar-refractivity contribution < 1.29 is 28.5 Å². The van der Waals surface area contributed by atoms with Gasteiger partial charge in [-0.05, 0) is 44.5 Å². The molecular weight excluding hydrogens is 402 g/mol. The Hall–Kier alpha value is -3.49. The number of carbonyl (C=O) groups is 2. The zero-order valence-corrected chi connectivity index (χ0v) is 18.3. The molecule has 0 fully saturated rings. The predicted molar refractivity (Wildman–Crippen MR) is 114 cm³/mol. The normalized spacial score (nSPS) is 16.0. The van der Waals surface area contributed by atoms with Gasteiger partial charge in [-0.3, -0.25) is 4.79 Å². The van der Waals surface area contributed by atoms with E-state index in [4.69, 9.17) is 18.9 Å². The maximum absolute atomic E-state index is 12.8. The fourth-order valence-corrected chi connectivity index (χ4v) is 2.91. The maximum Gasteiger partial charge on any atom is 0.408 e. The molecule has 166 valence electrons. The smallest absolute Gasteiger partial charge is 0.408 e. The van der Waals surface area contributed by atoms with Crippen LogP contribution in [0.2, 0.25) is 0 Å². The Morgan fingerprint density at radius 3 is 2.77 bits per heavy atom. The lowest BCUT2D eigenvalue weighted by Crippen LogP contribution is -2.46. The molecule has 31 heavy (non-hydrogen) atoms. The van der Waals surface area contributed by atoms with E-state index in [1.54, 1.807) is 44.6 Å². The second-order valence-electron chi connectivity index (χ2n) is 8.10. The van der Waals surface area contributed by atoms with Crippen LogP contribution in [0.25, 0.3) is 0 Å². The Labute approximate surface area is 181 Å². The highest BCUT2D eigenvalue weighted by atomic mass is 16.6. The summed E-state index contributed by atoms with van der Waals surface area (Å²) in [5.74, 6) is 1.17. The lowest BCUT2D eigenvalue weighted by Gasteiger charge is -2.23. The SMILES string of the molecule is COc1cc(COc2ccc3c(c2)N(C)C(=O)[C@@H](OC(=O)NC(C)(C)C)CO3)ccn1. The number of nitrogens with one attached hydrogen (secondary N) is 1. The molecule has 2 amide bonds. The molecule has 1 aliphatic rings. The van der Waals surface area contributed by atoms with E-state index in [2.05, 4.69) is 10.3 Å². The predicted octanol–water partition coefficient (Wildman–Crippen LogP) is 2.92. The number of likely N-dealkylation sites (N-methyl/N-ethyl adjacent to an activating group) is 1. The molecule has 2 heterocycles. The molecule has 0 radical (unpaired) electrons. The fourth-order valence-electron chi connectivity index (χ4n) is 2.91. The summed E-state index contributed by atoms with van der Waals surface area (Å²) in [5, 5.41) is 2.67. The molecule has 0 bridgehead atoms. The number of amides is 2. The zero-order valence-electron chi connectivity index (χ0n) is 18.3. The number of pyridine rings is 1. The van der Waals surface area contributed by atoms with Gasteiger partial charge in [0, 0.05) is 30.9 Å². The highest BCUT2D eigenvalue weighted by molar-refractivity contribution is 5.99. The van der Waals surface area contributed by atoms with Crippen LogP contribution in [0.3, 0.4) is 0 Å². The van der Waals surface area contributed by atoms with E-state index in [1.165, 1.54) is 4.90 Å². The third kappa shape index (κ3) is 5.78. The topological polar surface area (TPSA) is 99.2 Å². The highest BCUT2D eigenvalue weighted by Gasteiger charge is 2.33. The van der Waals surface area contributed by atoms with Crippen LogP contribution < -0.4 is 24.4 Å². The Morgan fingerprint density at radius 1 is 1.29 bits per heavy atom. The summed E-state index contributed by atoms with van der Waals surface area (Å²) < 4.78 is 22.0. The molecule has 0 unspecified atom stereocenters. The Bertz CT molecular complexity index is 957. The molecule has 1 aliphatic heterocycles. The van der Waals surface area contributed by atoms with Crippen LogP contribution >= 0.6 is 0 Å². The van der Waals surface area contributed by atoms with Gasteiger partial charge in [0.05, 0.1) is 12.8 Å². The van der Waals surface area contributed by atoms with E-state index in [9.17, 15) is 9.59 Å². The quantitative estimate of drug-likeness (QED) is 0.780. The standard InChI is InChI=1S/C22H27N3O6/c1-22(2,3)24-21(27)31-18-13-30-17-7-6-15(11-16(17)25(4)20(18)26)29-12-14-8-9-23-19(10-14)28-5/h6-11,18H,12-13H2,1-5H3,(H,24,27)/t18-/m0/s1. The number of fused-ring (bicyclic) bond motifs is 1. The van der Waals surface area contributed by atoms with Crippen molar-refractivity contribution in [3.63, 3.8) is 0 Å². The molecule has 1 N–H and O–H groups in total. The van der Waals surface area contributed by atoms with E-state index < -0.39 is 17.7 Å². The van der Waals surface area contributed by atoms with Crippen molar-refractivity contribution in [3.05, 3.63) is 42.1 Å². The number of alkyl carbamates (subject to hydrolysis) is 1. The molecule has 9 nitrogen and oxygen atoms in total. The van der Waals surface area contributed by atoms with Crippen molar-refractivity contribution in [3.8, 4) is 17.4 Å². The van der Waals surface area contributed by atoms with Crippen LogP contribution in [0, 0.1) is 0 Å². The van der Waals surface area contributed by atoms with Gasteiger partial charge in [-0.2, -0.15) is 0 Å². The number of aromatic nitrogens is 1. The van der Waals surface area contributed by atoms with Crippen LogP contribution in [0.5, 0.6) is 17.4 Å². The largest absolute Gasteiger partial charge is 0.489 e. The van der Waals surface area contributed by atoms with E-state index in [0.29, 0.717) is 29.7 Å². The van der Waals surface area contributed by atoms with Crippen molar-refractivity contribution >= 4 is 17.7 Å². The van der Waals surface area contributed by atoms with Crippen LogP contribution in [0.1, 0.15) is 26.3 Å². The van der Waals surface area contributed by atoms with Crippen molar-refractivity contribution in [2.75, 3.05) is 25.7 Å². The van der Waals surface area contributed by atoms with Gasteiger partial charge in [0.15, 0.2) is 0 Å². The molecule has 3 rings (SSSR count). The van der Waals surface area contributed by atoms with Gasteiger partial charge in [0.25, 0.3) is 5.91 Å². The van der Waals surface area contributed by atoms with E-state index in [0.717, 1.165) is 5.56 Å². The molecule has 9 heteroatoms. The third-order valence-corrected chi connectivity index (χ3v) is 4.43. The van der Waals surface area contributed by atoms with Crippen LogP contribution in [0.15, 0.2) is 36.5 Å². The molecule has 0 spiro atoms. The van der Waals surface area contributed by atoms with Gasteiger partial charge in [0.1, 0.15) is 24.7 Å². The second-order valence-corrected chi connectivity index (χ2v) is 8.10. The van der Waals surface area contributed by atoms with Gasteiger partial charge >= 0.3 is 6.09 Å². The number of methoxy groups -OCH3 is 1. The zero-order chi connectivity index (χ0) is 22.6. The van der Waals surface area contributed by atoms with Crippen LogP contribution in [-0.2, 0) is 16.1 Å². The number of rotatable bonds is 5. The number of hydrogen-bond donors (Lipinski definition) is 1. The summed E-state index contributed by atoms with van der Waals surface area (Å²) in [6.07, 6.45) is -0.0934. The molecule has 1 aromatic heterocycles. The first-order chi connectivity index (χ1) is 14.7. The third-order valence-electron chi connectivity index (χ3n) is 4.43. The minimum atomic E-state index is -1.06. The summed E-state index contributed by atoms with van der Waals surface area (Å²) >= 11 is 0. The molecule has 0 saturated heterocycles. The highest BCUT2D eigenvalue weighted by Crippen LogP contribution is 2.35. The monoisotopic (exact) mass is 429 g/mol. The van der Waals surface area contributed by atoms with Crippen molar-refractivity contribution in [2.45, 2.75) is 39.0 Å². The average Bonchev–Trinajstić information content (AvgIpc) is 2.83. The first kappa shape index (κ1) is 22.2. The first-order valence-electron chi connectivity index (χ1n) is 9.81. The van der Waals surface area contributed by atoms with Gasteiger partial charge in [-0.25, -0.2) is 9.78 Å². The average molecular weight is 429 g/mol. The van der Waals surface area contributed by atoms with Crippen molar-refractivity contribution in [1.29, 1.82) is 0 Å². The number of carbonyl (C=O) groups excluding carboxylic acids is 2. The number of benzene rings is 1. The van der Waals surface area contributed by atoms with Crippen LogP contribution in [-0.4, -0.2) is 49.4 Å². The van der Waals surface area contributed by atoms with Gasteiger partial charge < -0.3 is 29.2 Å². The molecule has 0 saturated carbocycles.